The van der Waals surface area contributed by atoms with E-state index in [0.29, 0.717) is 0 Å². The highest BCUT2D eigenvalue weighted by Gasteiger charge is 2.23. The van der Waals surface area contributed by atoms with E-state index in [9.17, 15) is 0 Å². The number of nitrogens with zero attached hydrogens (tertiary/aromatic N) is 1. The molecule has 3 rings (SSSR count). The molecule has 0 spiro atoms. The van der Waals surface area contributed by atoms with Gasteiger partial charge in [-0.15, -0.1) is 12.4 Å². The number of hydrogen-bond donors (Lipinski definition) is 1. The first-order valence-corrected chi connectivity index (χ1v) is 5.44. The van der Waals surface area contributed by atoms with Crippen molar-refractivity contribution in [2.75, 3.05) is 12.4 Å². The molecule has 0 radical (unpaired) electrons. The molecule has 1 aromatic carbocycles. The Bertz CT molecular complexity index is 506. The van der Waals surface area contributed by atoms with Gasteiger partial charge in [0.25, 0.3) is 0 Å². The van der Waals surface area contributed by atoms with Gasteiger partial charge in [0, 0.05) is 12.4 Å². The third-order valence-electron chi connectivity index (χ3n) is 3.04. The standard InChI is InChI=1S/C13H14N2.ClH/c1-14-12-7-11-6-10(9-2-3-9)4-5-13(11)15-8-12;/h4-9,14H,2-3H2,1H3;1H. The van der Waals surface area contributed by atoms with E-state index >= 15 is 0 Å². The summed E-state index contributed by atoms with van der Waals surface area (Å²) in [6.07, 6.45) is 4.58. The molecule has 0 saturated heterocycles. The van der Waals surface area contributed by atoms with Crippen LogP contribution in [-0.2, 0) is 0 Å². The zero-order valence-corrected chi connectivity index (χ0v) is 10.1. The summed E-state index contributed by atoms with van der Waals surface area (Å²) in [6.45, 7) is 0. The fraction of sp³-hybridized carbons (Fsp3) is 0.308. The van der Waals surface area contributed by atoms with E-state index in [4.69, 9.17) is 0 Å². The molecule has 1 aromatic heterocycles. The van der Waals surface area contributed by atoms with E-state index < -0.39 is 0 Å². The lowest BCUT2D eigenvalue weighted by Gasteiger charge is -2.04. The molecular formula is C13H15ClN2. The predicted octanol–water partition coefficient (Wildman–Crippen LogP) is 3.58. The number of fused-ring (bicyclic) bond motifs is 1. The van der Waals surface area contributed by atoms with E-state index in [1.165, 1.54) is 23.8 Å². The zero-order chi connectivity index (χ0) is 10.3. The monoisotopic (exact) mass is 234 g/mol. The van der Waals surface area contributed by atoms with E-state index in [1.54, 1.807) is 0 Å². The lowest BCUT2D eigenvalue weighted by atomic mass is 10.1. The van der Waals surface area contributed by atoms with Crippen molar-refractivity contribution in [3.05, 3.63) is 36.0 Å². The summed E-state index contributed by atoms with van der Waals surface area (Å²) in [5.41, 5.74) is 3.63. The van der Waals surface area contributed by atoms with Crippen LogP contribution < -0.4 is 5.32 Å². The summed E-state index contributed by atoms with van der Waals surface area (Å²) in [5.74, 6) is 0.813. The summed E-state index contributed by atoms with van der Waals surface area (Å²) < 4.78 is 0. The minimum absolute atomic E-state index is 0. The van der Waals surface area contributed by atoms with Crippen LogP contribution in [0.15, 0.2) is 30.5 Å². The molecule has 1 heterocycles. The van der Waals surface area contributed by atoms with Crippen LogP contribution in [0.4, 0.5) is 5.69 Å². The molecule has 1 aliphatic carbocycles. The zero-order valence-electron chi connectivity index (χ0n) is 9.23. The number of rotatable bonds is 2. The smallest absolute Gasteiger partial charge is 0.0703 e. The third-order valence-corrected chi connectivity index (χ3v) is 3.04. The number of nitrogens with one attached hydrogen (secondary N) is 1. The maximum absolute atomic E-state index is 4.41. The maximum atomic E-state index is 4.41. The van der Waals surface area contributed by atoms with E-state index in [2.05, 4.69) is 34.6 Å². The summed E-state index contributed by atoms with van der Waals surface area (Å²) in [5, 5.41) is 4.36. The van der Waals surface area contributed by atoms with Gasteiger partial charge in [0.15, 0.2) is 0 Å². The van der Waals surface area contributed by atoms with Crippen LogP contribution in [-0.4, -0.2) is 12.0 Å². The molecule has 84 valence electrons. The minimum Gasteiger partial charge on any atom is -0.387 e. The summed E-state index contributed by atoms with van der Waals surface area (Å²) in [6, 6.07) is 8.78. The number of halogens is 1. The fourth-order valence-corrected chi connectivity index (χ4v) is 1.96. The van der Waals surface area contributed by atoms with Crippen LogP contribution in [0.1, 0.15) is 24.3 Å². The highest BCUT2D eigenvalue weighted by atomic mass is 35.5. The Kier molecular flexibility index (Phi) is 3.01. The number of pyridine rings is 1. The van der Waals surface area contributed by atoms with Crippen LogP contribution in [0.3, 0.4) is 0 Å². The highest BCUT2D eigenvalue weighted by Crippen LogP contribution is 2.40. The Labute approximate surface area is 101 Å². The Morgan fingerprint density at radius 1 is 1.25 bits per heavy atom. The third kappa shape index (κ3) is 1.98. The average Bonchev–Trinajstić information content (AvgIpc) is 3.11. The van der Waals surface area contributed by atoms with Gasteiger partial charge in [-0.05, 0) is 42.5 Å². The summed E-state index contributed by atoms with van der Waals surface area (Å²) >= 11 is 0. The molecule has 1 saturated carbocycles. The molecule has 0 unspecified atom stereocenters. The number of anilines is 1. The first-order valence-electron chi connectivity index (χ1n) is 5.44. The van der Waals surface area contributed by atoms with Gasteiger partial charge in [-0.1, -0.05) is 6.07 Å². The first-order chi connectivity index (χ1) is 7.36. The molecule has 0 amide bonds. The van der Waals surface area contributed by atoms with Crippen molar-refractivity contribution in [1.82, 2.24) is 4.98 Å². The van der Waals surface area contributed by atoms with Gasteiger partial charge in [0.1, 0.15) is 0 Å². The van der Waals surface area contributed by atoms with Crippen LogP contribution in [0, 0.1) is 0 Å². The van der Waals surface area contributed by atoms with Crippen molar-refractivity contribution in [3.8, 4) is 0 Å². The van der Waals surface area contributed by atoms with Crippen molar-refractivity contribution in [1.29, 1.82) is 0 Å². The average molecular weight is 235 g/mol. The second kappa shape index (κ2) is 4.30. The molecule has 1 aliphatic rings. The van der Waals surface area contributed by atoms with Gasteiger partial charge in [-0.3, -0.25) is 4.98 Å². The second-order valence-corrected chi connectivity index (χ2v) is 4.20. The van der Waals surface area contributed by atoms with Crippen LogP contribution in [0.5, 0.6) is 0 Å². The lowest BCUT2D eigenvalue weighted by molar-refractivity contribution is 1.13. The van der Waals surface area contributed by atoms with E-state index in [-0.39, 0.29) is 12.4 Å². The molecule has 0 bridgehead atoms. The molecule has 3 heteroatoms. The molecule has 1 fully saturated rings. The Balaban J connectivity index is 0.000000963. The van der Waals surface area contributed by atoms with E-state index in [0.717, 1.165) is 17.1 Å². The van der Waals surface area contributed by atoms with Gasteiger partial charge < -0.3 is 5.32 Å². The molecule has 1 N–H and O–H groups in total. The van der Waals surface area contributed by atoms with E-state index in [1.807, 2.05) is 13.2 Å². The number of benzene rings is 1. The topological polar surface area (TPSA) is 24.9 Å². The van der Waals surface area contributed by atoms with Crippen LogP contribution in [0.25, 0.3) is 10.9 Å². The quantitative estimate of drug-likeness (QED) is 0.859. The van der Waals surface area contributed by atoms with Gasteiger partial charge in [-0.25, -0.2) is 0 Å². The number of hydrogen-bond acceptors (Lipinski definition) is 2. The van der Waals surface area contributed by atoms with Crippen molar-refractivity contribution in [2.45, 2.75) is 18.8 Å². The summed E-state index contributed by atoms with van der Waals surface area (Å²) in [4.78, 5) is 4.41. The first kappa shape index (κ1) is 11.2. The second-order valence-electron chi connectivity index (χ2n) is 4.20. The Morgan fingerprint density at radius 2 is 2.06 bits per heavy atom. The molecule has 0 aliphatic heterocycles. The molecule has 2 aromatic rings. The predicted molar refractivity (Wildman–Crippen MR) is 70.5 cm³/mol. The highest BCUT2D eigenvalue weighted by molar-refractivity contribution is 5.85. The van der Waals surface area contributed by atoms with Crippen LogP contribution in [0.2, 0.25) is 0 Å². The Morgan fingerprint density at radius 3 is 2.75 bits per heavy atom. The Hall–Kier alpha value is -1.28. The summed E-state index contributed by atoms with van der Waals surface area (Å²) in [7, 11) is 1.92. The minimum atomic E-state index is 0. The SMILES string of the molecule is CNc1cnc2ccc(C3CC3)cc2c1.Cl. The normalized spacial score (nSPS) is 14.6. The molecule has 0 atom stereocenters. The van der Waals surface area contributed by atoms with Crippen molar-refractivity contribution in [3.63, 3.8) is 0 Å². The molecule has 16 heavy (non-hydrogen) atoms. The van der Waals surface area contributed by atoms with Gasteiger partial charge in [0.2, 0.25) is 0 Å². The largest absolute Gasteiger partial charge is 0.387 e. The van der Waals surface area contributed by atoms with Gasteiger partial charge >= 0.3 is 0 Å². The van der Waals surface area contributed by atoms with Crippen LogP contribution >= 0.6 is 12.4 Å². The molecular weight excluding hydrogens is 220 g/mol. The van der Waals surface area contributed by atoms with Gasteiger partial charge in [0.05, 0.1) is 17.4 Å². The van der Waals surface area contributed by atoms with Crippen molar-refractivity contribution in [2.24, 2.45) is 0 Å². The molecule has 2 nitrogen and oxygen atoms in total. The maximum Gasteiger partial charge on any atom is 0.0703 e. The fourth-order valence-electron chi connectivity index (χ4n) is 1.96. The van der Waals surface area contributed by atoms with Crippen molar-refractivity contribution >= 4 is 29.0 Å². The van der Waals surface area contributed by atoms with Gasteiger partial charge in [-0.2, -0.15) is 0 Å². The number of aromatic nitrogens is 1. The lowest BCUT2D eigenvalue weighted by Crippen LogP contribution is -1.90. The van der Waals surface area contributed by atoms with Crippen molar-refractivity contribution < 1.29 is 0 Å².